The molecule has 1 aromatic rings. The van der Waals surface area contributed by atoms with Gasteiger partial charge in [0.1, 0.15) is 0 Å². The Balaban J connectivity index is 2.15. The lowest BCUT2D eigenvalue weighted by Gasteiger charge is -2.30. The largest absolute Gasteiger partial charge is 0.396 e. The zero-order chi connectivity index (χ0) is 11.5. The summed E-state index contributed by atoms with van der Waals surface area (Å²) in [7, 11) is 0. The van der Waals surface area contributed by atoms with Crippen LogP contribution < -0.4 is 0 Å². The summed E-state index contributed by atoms with van der Waals surface area (Å²) in [4.78, 5) is 13.9. The smallest absolute Gasteiger partial charge is 0.254 e. The van der Waals surface area contributed by atoms with Crippen molar-refractivity contribution in [2.24, 2.45) is 5.92 Å². The van der Waals surface area contributed by atoms with Crippen molar-refractivity contribution in [2.45, 2.75) is 13.3 Å². The van der Waals surface area contributed by atoms with Gasteiger partial charge in [0.05, 0.1) is 0 Å². The molecule has 3 nitrogen and oxygen atoms in total. The fourth-order valence-corrected chi connectivity index (χ4v) is 2.08. The number of rotatable bonds is 3. The molecular weight excluding hydrogens is 202 g/mol. The normalized spacial score (nSPS) is 17.1. The van der Waals surface area contributed by atoms with Crippen LogP contribution in [0.15, 0.2) is 24.3 Å². The Kier molecular flexibility index (Phi) is 3.25. The standard InChI is InChI=1S/C13H17NO2/c1-10(9-15)8-14-7-6-11-4-2-3-5-12(11)13(14)16/h2-5,10,15H,6-9H2,1H3. The minimum absolute atomic E-state index is 0.0992. The van der Waals surface area contributed by atoms with Crippen LogP contribution in [-0.2, 0) is 6.42 Å². The number of amides is 1. The molecule has 2 rings (SSSR count). The highest BCUT2D eigenvalue weighted by atomic mass is 16.3. The maximum atomic E-state index is 12.1. The number of carbonyl (C=O) groups is 1. The molecule has 0 fully saturated rings. The number of benzene rings is 1. The molecule has 1 aliphatic rings. The second-order valence-electron chi connectivity index (χ2n) is 4.45. The molecule has 0 saturated heterocycles. The summed E-state index contributed by atoms with van der Waals surface area (Å²) >= 11 is 0. The molecule has 16 heavy (non-hydrogen) atoms. The third-order valence-electron chi connectivity index (χ3n) is 3.03. The van der Waals surface area contributed by atoms with E-state index in [2.05, 4.69) is 0 Å². The van der Waals surface area contributed by atoms with Crippen LogP contribution >= 0.6 is 0 Å². The molecule has 1 amide bonds. The van der Waals surface area contributed by atoms with E-state index in [1.807, 2.05) is 36.1 Å². The Morgan fingerprint density at radius 2 is 2.19 bits per heavy atom. The maximum Gasteiger partial charge on any atom is 0.254 e. The van der Waals surface area contributed by atoms with Gasteiger partial charge in [0.25, 0.3) is 5.91 Å². The average molecular weight is 219 g/mol. The van der Waals surface area contributed by atoms with Crippen LogP contribution in [0.5, 0.6) is 0 Å². The predicted octanol–water partition coefficient (Wildman–Crippen LogP) is 1.31. The molecule has 1 N–H and O–H groups in total. The number of hydrogen-bond donors (Lipinski definition) is 1. The first-order valence-electron chi connectivity index (χ1n) is 5.70. The van der Waals surface area contributed by atoms with Crippen molar-refractivity contribution in [3.63, 3.8) is 0 Å². The summed E-state index contributed by atoms with van der Waals surface area (Å²) in [6.07, 6.45) is 0.917. The molecule has 1 atom stereocenters. The molecule has 0 radical (unpaired) electrons. The van der Waals surface area contributed by atoms with E-state index >= 15 is 0 Å². The number of aliphatic hydroxyl groups excluding tert-OH is 1. The van der Waals surface area contributed by atoms with Gasteiger partial charge < -0.3 is 10.0 Å². The summed E-state index contributed by atoms with van der Waals surface area (Å²) in [6, 6.07) is 7.77. The second kappa shape index (κ2) is 4.66. The molecule has 0 aliphatic carbocycles. The Morgan fingerprint density at radius 3 is 2.94 bits per heavy atom. The van der Waals surface area contributed by atoms with Gasteiger partial charge in [-0.05, 0) is 24.0 Å². The van der Waals surface area contributed by atoms with Crippen LogP contribution in [0, 0.1) is 5.92 Å². The SMILES string of the molecule is CC(CO)CN1CCc2ccccc2C1=O. The van der Waals surface area contributed by atoms with E-state index < -0.39 is 0 Å². The highest BCUT2D eigenvalue weighted by Gasteiger charge is 2.24. The van der Waals surface area contributed by atoms with Gasteiger partial charge in [-0.2, -0.15) is 0 Å². The Hall–Kier alpha value is -1.35. The van der Waals surface area contributed by atoms with Gasteiger partial charge in [-0.1, -0.05) is 25.1 Å². The molecule has 1 aromatic carbocycles. The van der Waals surface area contributed by atoms with Crippen molar-refractivity contribution in [1.82, 2.24) is 4.90 Å². The van der Waals surface area contributed by atoms with E-state index in [4.69, 9.17) is 5.11 Å². The third kappa shape index (κ3) is 2.09. The Labute approximate surface area is 95.7 Å². The first-order chi connectivity index (χ1) is 7.72. The molecule has 86 valence electrons. The minimum Gasteiger partial charge on any atom is -0.396 e. The van der Waals surface area contributed by atoms with Crippen molar-refractivity contribution in [2.75, 3.05) is 19.7 Å². The number of carbonyl (C=O) groups excluding carboxylic acids is 1. The van der Waals surface area contributed by atoms with Crippen LogP contribution in [0.4, 0.5) is 0 Å². The van der Waals surface area contributed by atoms with Crippen molar-refractivity contribution in [3.8, 4) is 0 Å². The van der Waals surface area contributed by atoms with E-state index in [9.17, 15) is 4.79 Å². The minimum atomic E-state index is 0.0992. The zero-order valence-electron chi connectivity index (χ0n) is 9.52. The first kappa shape index (κ1) is 11.1. The second-order valence-corrected chi connectivity index (χ2v) is 4.45. The quantitative estimate of drug-likeness (QED) is 0.832. The van der Waals surface area contributed by atoms with Crippen LogP contribution in [0.25, 0.3) is 0 Å². The summed E-state index contributed by atoms with van der Waals surface area (Å²) < 4.78 is 0. The fraction of sp³-hybridized carbons (Fsp3) is 0.462. The number of fused-ring (bicyclic) bond motifs is 1. The zero-order valence-corrected chi connectivity index (χ0v) is 9.52. The van der Waals surface area contributed by atoms with E-state index in [0.29, 0.717) is 6.54 Å². The number of hydrogen-bond acceptors (Lipinski definition) is 2. The average Bonchev–Trinajstić information content (AvgIpc) is 2.33. The van der Waals surface area contributed by atoms with Crippen molar-refractivity contribution >= 4 is 5.91 Å². The van der Waals surface area contributed by atoms with Crippen LogP contribution in [0.1, 0.15) is 22.8 Å². The molecule has 1 heterocycles. The lowest BCUT2D eigenvalue weighted by molar-refractivity contribution is 0.0692. The van der Waals surface area contributed by atoms with Gasteiger partial charge in [-0.3, -0.25) is 4.79 Å². The van der Waals surface area contributed by atoms with Gasteiger partial charge in [0, 0.05) is 25.3 Å². The molecule has 1 unspecified atom stereocenters. The maximum absolute atomic E-state index is 12.1. The molecule has 0 spiro atoms. The van der Waals surface area contributed by atoms with E-state index in [1.165, 1.54) is 0 Å². The van der Waals surface area contributed by atoms with Crippen LogP contribution in [-0.4, -0.2) is 35.6 Å². The summed E-state index contributed by atoms with van der Waals surface area (Å²) in [6.45, 7) is 3.49. The Morgan fingerprint density at radius 1 is 1.44 bits per heavy atom. The van der Waals surface area contributed by atoms with Gasteiger partial charge in [0.2, 0.25) is 0 Å². The molecule has 0 aromatic heterocycles. The van der Waals surface area contributed by atoms with E-state index in [1.54, 1.807) is 0 Å². The first-order valence-corrected chi connectivity index (χ1v) is 5.70. The summed E-state index contributed by atoms with van der Waals surface area (Å²) in [5.41, 5.74) is 1.96. The van der Waals surface area contributed by atoms with Crippen molar-refractivity contribution in [1.29, 1.82) is 0 Å². The summed E-state index contributed by atoms with van der Waals surface area (Å²) in [5, 5.41) is 9.01. The van der Waals surface area contributed by atoms with Crippen LogP contribution in [0.3, 0.4) is 0 Å². The molecule has 3 heteroatoms. The predicted molar refractivity (Wildman–Crippen MR) is 62.3 cm³/mol. The summed E-state index contributed by atoms with van der Waals surface area (Å²) in [5.74, 6) is 0.247. The van der Waals surface area contributed by atoms with E-state index in [-0.39, 0.29) is 18.4 Å². The van der Waals surface area contributed by atoms with E-state index in [0.717, 1.165) is 24.1 Å². The Bertz CT molecular complexity index is 389. The molecular formula is C13H17NO2. The van der Waals surface area contributed by atoms with Gasteiger partial charge in [0.15, 0.2) is 0 Å². The van der Waals surface area contributed by atoms with Gasteiger partial charge >= 0.3 is 0 Å². The van der Waals surface area contributed by atoms with Crippen molar-refractivity contribution < 1.29 is 9.90 Å². The highest BCUT2D eigenvalue weighted by molar-refractivity contribution is 5.96. The number of aliphatic hydroxyl groups is 1. The third-order valence-corrected chi connectivity index (χ3v) is 3.03. The molecule has 0 bridgehead atoms. The topological polar surface area (TPSA) is 40.5 Å². The highest BCUT2D eigenvalue weighted by Crippen LogP contribution is 2.19. The molecule has 0 saturated carbocycles. The lowest BCUT2D eigenvalue weighted by atomic mass is 9.98. The number of nitrogens with zero attached hydrogens (tertiary/aromatic N) is 1. The molecule has 1 aliphatic heterocycles. The van der Waals surface area contributed by atoms with Gasteiger partial charge in [-0.15, -0.1) is 0 Å². The van der Waals surface area contributed by atoms with Crippen molar-refractivity contribution in [3.05, 3.63) is 35.4 Å². The lowest BCUT2D eigenvalue weighted by Crippen LogP contribution is -2.40. The van der Waals surface area contributed by atoms with Gasteiger partial charge in [-0.25, -0.2) is 0 Å². The monoisotopic (exact) mass is 219 g/mol. The van der Waals surface area contributed by atoms with Crippen LogP contribution in [0.2, 0.25) is 0 Å². The fourth-order valence-electron chi connectivity index (χ4n) is 2.08.